The van der Waals surface area contributed by atoms with Crippen LogP contribution in [0.5, 0.6) is 0 Å². The predicted octanol–water partition coefficient (Wildman–Crippen LogP) is 5.24. The van der Waals surface area contributed by atoms with Crippen LogP contribution in [-0.4, -0.2) is 42.5 Å². The highest BCUT2D eigenvalue weighted by Crippen LogP contribution is 2.45. The fraction of sp³-hybridized carbons (Fsp3) is 1.00. The highest BCUT2D eigenvalue weighted by molar-refractivity contribution is 4.89. The number of nitrogens with zero attached hydrogens (tertiary/aromatic N) is 1. The third-order valence-electron chi connectivity index (χ3n) is 6.35. The van der Waals surface area contributed by atoms with Gasteiger partial charge in [0.25, 0.3) is 0 Å². The third-order valence-corrected chi connectivity index (χ3v) is 6.35. The van der Waals surface area contributed by atoms with Crippen LogP contribution in [0.25, 0.3) is 0 Å². The van der Waals surface area contributed by atoms with Crippen LogP contribution in [0.2, 0.25) is 0 Å². The lowest BCUT2D eigenvalue weighted by Gasteiger charge is -2.41. The summed E-state index contributed by atoms with van der Waals surface area (Å²) in [5, 5.41) is 0. The SMILES string of the molecule is CCCN(CCC1COC2(CCC(C(C)(C)C)CC2)O1)C(C)CC. The third kappa shape index (κ3) is 5.19. The van der Waals surface area contributed by atoms with Gasteiger partial charge in [-0.05, 0) is 56.9 Å². The number of hydrogen-bond donors (Lipinski definition) is 0. The first-order valence-corrected chi connectivity index (χ1v) is 10.4. The van der Waals surface area contributed by atoms with E-state index in [0.717, 1.165) is 38.3 Å². The lowest BCUT2D eigenvalue weighted by Crippen LogP contribution is -2.39. The molecule has 2 rings (SSSR count). The predicted molar refractivity (Wildman–Crippen MR) is 101 cm³/mol. The smallest absolute Gasteiger partial charge is 0.168 e. The molecule has 3 heteroatoms. The van der Waals surface area contributed by atoms with Crippen molar-refractivity contribution in [2.45, 2.75) is 104 Å². The highest BCUT2D eigenvalue weighted by Gasteiger charge is 2.45. The Balaban J connectivity index is 1.79. The monoisotopic (exact) mass is 339 g/mol. The minimum absolute atomic E-state index is 0.252. The summed E-state index contributed by atoms with van der Waals surface area (Å²) in [5.41, 5.74) is 0.413. The zero-order valence-electron chi connectivity index (χ0n) is 17.1. The number of ether oxygens (including phenoxy) is 2. The maximum atomic E-state index is 6.44. The van der Waals surface area contributed by atoms with Crippen LogP contribution in [0.1, 0.15) is 86.5 Å². The van der Waals surface area contributed by atoms with Gasteiger partial charge in [-0.2, -0.15) is 0 Å². The molecule has 0 bridgehead atoms. The zero-order valence-corrected chi connectivity index (χ0v) is 17.1. The average Bonchev–Trinajstić information content (AvgIpc) is 2.93. The van der Waals surface area contributed by atoms with E-state index in [0.29, 0.717) is 17.6 Å². The first-order valence-electron chi connectivity index (χ1n) is 10.4. The van der Waals surface area contributed by atoms with Crippen molar-refractivity contribution in [3.05, 3.63) is 0 Å². The summed E-state index contributed by atoms with van der Waals surface area (Å²) in [6.45, 7) is 17.1. The summed E-state index contributed by atoms with van der Waals surface area (Å²) in [4.78, 5) is 2.62. The second-order valence-corrected chi connectivity index (χ2v) is 9.18. The molecule has 2 fully saturated rings. The second-order valence-electron chi connectivity index (χ2n) is 9.18. The van der Waals surface area contributed by atoms with Crippen molar-refractivity contribution >= 4 is 0 Å². The molecular formula is C21H41NO2. The Labute approximate surface area is 150 Å². The van der Waals surface area contributed by atoms with E-state index in [2.05, 4.69) is 46.4 Å². The lowest BCUT2D eigenvalue weighted by atomic mass is 9.71. The molecule has 0 amide bonds. The van der Waals surface area contributed by atoms with Crippen LogP contribution in [0.4, 0.5) is 0 Å². The van der Waals surface area contributed by atoms with Gasteiger partial charge >= 0.3 is 0 Å². The van der Waals surface area contributed by atoms with Crippen molar-refractivity contribution in [3.8, 4) is 0 Å². The van der Waals surface area contributed by atoms with Crippen LogP contribution >= 0.6 is 0 Å². The van der Waals surface area contributed by atoms with Crippen molar-refractivity contribution < 1.29 is 9.47 Å². The molecule has 0 aromatic carbocycles. The number of rotatable bonds is 7. The van der Waals surface area contributed by atoms with E-state index in [1.54, 1.807) is 0 Å². The molecular weight excluding hydrogens is 298 g/mol. The molecule has 1 heterocycles. The van der Waals surface area contributed by atoms with Crippen LogP contribution in [0.3, 0.4) is 0 Å². The molecule has 142 valence electrons. The molecule has 2 aliphatic rings. The van der Waals surface area contributed by atoms with E-state index in [-0.39, 0.29) is 5.79 Å². The minimum atomic E-state index is -0.252. The first-order chi connectivity index (χ1) is 11.3. The standard InChI is InChI=1S/C21H41NO2/c1-7-14-22(17(3)8-2)15-11-19-16-23-21(24-19)12-9-18(10-13-21)20(4,5)6/h17-19H,7-16H2,1-6H3. The van der Waals surface area contributed by atoms with E-state index in [4.69, 9.17) is 9.47 Å². The van der Waals surface area contributed by atoms with Gasteiger partial charge in [-0.1, -0.05) is 34.6 Å². The van der Waals surface area contributed by atoms with Gasteiger partial charge in [0.05, 0.1) is 12.7 Å². The highest BCUT2D eigenvalue weighted by atomic mass is 16.7. The normalized spacial score (nSPS) is 32.6. The summed E-state index contributed by atoms with van der Waals surface area (Å²) < 4.78 is 12.6. The van der Waals surface area contributed by atoms with E-state index in [1.165, 1.54) is 32.2 Å². The van der Waals surface area contributed by atoms with Crippen molar-refractivity contribution in [3.63, 3.8) is 0 Å². The quantitative estimate of drug-likeness (QED) is 0.633. The average molecular weight is 340 g/mol. The van der Waals surface area contributed by atoms with Crippen molar-refractivity contribution in [1.82, 2.24) is 4.90 Å². The summed E-state index contributed by atoms with van der Waals surface area (Å²) in [6.07, 6.45) is 8.49. The minimum Gasteiger partial charge on any atom is -0.347 e. The summed E-state index contributed by atoms with van der Waals surface area (Å²) in [5.74, 6) is 0.554. The summed E-state index contributed by atoms with van der Waals surface area (Å²) in [6, 6.07) is 0.670. The van der Waals surface area contributed by atoms with E-state index in [9.17, 15) is 0 Å². The molecule has 3 nitrogen and oxygen atoms in total. The van der Waals surface area contributed by atoms with Crippen LogP contribution in [0, 0.1) is 11.3 Å². The lowest BCUT2D eigenvalue weighted by molar-refractivity contribution is -0.197. The van der Waals surface area contributed by atoms with Gasteiger partial charge < -0.3 is 14.4 Å². The molecule has 1 saturated carbocycles. The molecule has 1 aliphatic heterocycles. The molecule has 1 aliphatic carbocycles. The second kappa shape index (κ2) is 8.51. The molecule has 0 radical (unpaired) electrons. The van der Waals surface area contributed by atoms with Crippen molar-refractivity contribution in [2.24, 2.45) is 11.3 Å². The van der Waals surface area contributed by atoms with E-state index in [1.807, 2.05) is 0 Å². The first kappa shape index (κ1) is 20.2. The summed E-state index contributed by atoms with van der Waals surface area (Å²) in [7, 11) is 0. The van der Waals surface area contributed by atoms with Crippen molar-refractivity contribution in [1.29, 1.82) is 0 Å². The number of hydrogen-bond acceptors (Lipinski definition) is 3. The Hall–Kier alpha value is -0.120. The van der Waals surface area contributed by atoms with Crippen LogP contribution < -0.4 is 0 Å². The summed E-state index contributed by atoms with van der Waals surface area (Å²) >= 11 is 0. The topological polar surface area (TPSA) is 21.7 Å². The Morgan fingerprint density at radius 1 is 1.12 bits per heavy atom. The zero-order chi connectivity index (χ0) is 17.8. The van der Waals surface area contributed by atoms with Crippen LogP contribution in [0.15, 0.2) is 0 Å². The fourth-order valence-corrected chi connectivity index (χ4v) is 4.35. The van der Waals surface area contributed by atoms with Gasteiger partial charge in [0.1, 0.15) is 0 Å². The Morgan fingerprint density at radius 3 is 2.33 bits per heavy atom. The Morgan fingerprint density at radius 2 is 1.79 bits per heavy atom. The van der Waals surface area contributed by atoms with E-state index < -0.39 is 0 Å². The fourth-order valence-electron chi connectivity index (χ4n) is 4.35. The molecule has 2 unspecified atom stereocenters. The van der Waals surface area contributed by atoms with Crippen molar-refractivity contribution in [2.75, 3.05) is 19.7 Å². The van der Waals surface area contributed by atoms with Gasteiger partial charge in [-0.15, -0.1) is 0 Å². The van der Waals surface area contributed by atoms with Gasteiger partial charge in [-0.3, -0.25) is 0 Å². The largest absolute Gasteiger partial charge is 0.347 e. The van der Waals surface area contributed by atoms with Gasteiger partial charge in [0.2, 0.25) is 0 Å². The maximum absolute atomic E-state index is 6.44. The molecule has 24 heavy (non-hydrogen) atoms. The Bertz CT molecular complexity index is 369. The molecule has 0 aromatic heterocycles. The molecule has 0 N–H and O–H groups in total. The molecule has 1 spiro atoms. The molecule has 1 saturated heterocycles. The van der Waals surface area contributed by atoms with Gasteiger partial charge in [0.15, 0.2) is 5.79 Å². The van der Waals surface area contributed by atoms with Gasteiger partial charge in [0, 0.05) is 25.4 Å². The van der Waals surface area contributed by atoms with E-state index >= 15 is 0 Å². The molecule has 2 atom stereocenters. The van der Waals surface area contributed by atoms with Crippen LogP contribution in [-0.2, 0) is 9.47 Å². The Kier molecular flexibility index (Phi) is 7.16. The maximum Gasteiger partial charge on any atom is 0.168 e. The van der Waals surface area contributed by atoms with Gasteiger partial charge in [-0.25, -0.2) is 0 Å². The molecule has 0 aromatic rings.